The van der Waals surface area contributed by atoms with E-state index in [-0.39, 0.29) is 0 Å². The van der Waals surface area contributed by atoms with Crippen LogP contribution < -0.4 is 0 Å². The van der Waals surface area contributed by atoms with E-state index >= 15 is 0 Å². The quantitative estimate of drug-likeness (QED) is 0.722. The van der Waals surface area contributed by atoms with Crippen molar-refractivity contribution in [3.8, 4) is 0 Å². The molecular weight excluding hydrogens is 216 g/mol. The minimum Gasteiger partial charge on any atom is -0.385 e. The molecule has 1 atom stereocenters. The van der Waals surface area contributed by atoms with Crippen LogP contribution in [0.5, 0.6) is 0 Å². The van der Waals surface area contributed by atoms with Crippen LogP contribution in [0.1, 0.15) is 24.5 Å². The van der Waals surface area contributed by atoms with Gasteiger partial charge in [0.15, 0.2) is 0 Å². The topological polar surface area (TPSA) is 20.2 Å². The van der Waals surface area contributed by atoms with E-state index in [9.17, 15) is 5.11 Å². The van der Waals surface area contributed by atoms with Crippen LogP contribution in [0.25, 0.3) is 0 Å². The number of aliphatic hydroxyl groups is 1. The van der Waals surface area contributed by atoms with Crippen LogP contribution in [0.15, 0.2) is 22.7 Å². The van der Waals surface area contributed by atoms with Gasteiger partial charge in [-0.3, -0.25) is 0 Å². The highest BCUT2D eigenvalue weighted by atomic mass is 79.9. The summed E-state index contributed by atoms with van der Waals surface area (Å²) < 4.78 is 1.03. The molecule has 0 aromatic heterocycles. The van der Waals surface area contributed by atoms with Crippen molar-refractivity contribution in [1.29, 1.82) is 0 Å². The maximum absolute atomic E-state index is 10.00. The summed E-state index contributed by atoms with van der Waals surface area (Å²) in [6.07, 6.45) is 1.83. The van der Waals surface area contributed by atoms with E-state index in [1.807, 2.05) is 19.1 Å². The zero-order chi connectivity index (χ0) is 8.77. The number of fused-ring (bicyclic) bond motifs is 1. The summed E-state index contributed by atoms with van der Waals surface area (Å²) in [7, 11) is 0. The molecule has 1 aromatic carbocycles. The van der Waals surface area contributed by atoms with Gasteiger partial charge in [0.1, 0.15) is 0 Å². The second kappa shape index (κ2) is 2.57. The lowest BCUT2D eigenvalue weighted by Crippen LogP contribution is -2.16. The van der Waals surface area contributed by atoms with Crippen LogP contribution in [0.2, 0.25) is 0 Å². The number of hydrogen-bond acceptors (Lipinski definition) is 1. The van der Waals surface area contributed by atoms with E-state index < -0.39 is 5.60 Å². The van der Waals surface area contributed by atoms with Crippen LogP contribution >= 0.6 is 15.9 Å². The number of benzene rings is 1. The van der Waals surface area contributed by atoms with E-state index in [1.54, 1.807) is 0 Å². The third kappa shape index (κ3) is 1.10. The second-order valence-corrected chi connectivity index (χ2v) is 4.40. The number of hydrogen-bond donors (Lipinski definition) is 1. The Hall–Kier alpha value is -0.340. The Balaban J connectivity index is 2.64. The van der Waals surface area contributed by atoms with Crippen molar-refractivity contribution in [2.75, 3.05) is 0 Å². The monoisotopic (exact) mass is 226 g/mol. The minimum absolute atomic E-state index is 0.630. The fourth-order valence-electron chi connectivity index (χ4n) is 1.88. The molecule has 12 heavy (non-hydrogen) atoms. The summed E-state index contributed by atoms with van der Waals surface area (Å²) in [6, 6.07) is 6.09. The molecule has 0 radical (unpaired) electrons. The van der Waals surface area contributed by atoms with Crippen LogP contribution in [-0.2, 0) is 12.0 Å². The van der Waals surface area contributed by atoms with Crippen molar-refractivity contribution in [2.24, 2.45) is 0 Å². The molecule has 64 valence electrons. The van der Waals surface area contributed by atoms with Gasteiger partial charge in [-0.05, 0) is 31.4 Å². The minimum atomic E-state index is -0.630. The summed E-state index contributed by atoms with van der Waals surface area (Å²) >= 11 is 3.46. The number of halogens is 1. The van der Waals surface area contributed by atoms with Crippen LogP contribution in [0.3, 0.4) is 0 Å². The van der Waals surface area contributed by atoms with Crippen LogP contribution in [0.4, 0.5) is 0 Å². The highest BCUT2D eigenvalue weighted by Gasteiger charge is 2.33. The molecule has 0 saturated heterocycles. The van der Waals surface area contributed by atoms with Crippen molar-refractivity contribution in [3.05, 3.63) is 33.8 Å². The third-order valence-corrected chi connectivity index (χ3v) is 3.18. The first kappa shape index (κ1) is 8.27. The van der Waals surface area contributed by atoms with Crippen molar-refractivity contribution in [2.45, 2.75) is 25.4 Å². The van der Waals surface area contributed by atoms with Gasteiger partial charge in [0, 0.05) is 10.0 Å². The van der Waals surface area contributed by atoms with Crippen molar-refractivity contribution < 1.29 is 5.11 Å². The molecule has 0 bridgehead atoms. The molecule has 0 amide bonds. The molecule has 0 heterocycles. The Morgan fingerprint density at radius 2 is 2.25 bits per heavy atom. The van der Waals surface area contributed by atoms with Gasteiger partial charge in [0.2, 0.25) is 0 Å². The molecule has 1 aliphatic carbocycles. The van der Waals surface area contributed by atoms with Gasteiger partial charge in [-0.1, -0.05) is 28.1 Å². The molecule has 0 aliphatic heterocycles. The second-order valence-electron chi connectivity index (χ2n) is 3.55. The fraction of sp³-hybridized carbons (Fsp3) is 0.400. The fourth-order valence-corrected chi connectivity index (χ4v) is 2.72. The van der Waals surface area contributed by atoms with Gasteiger partial charge in [0.05, 0.1) is 5.60 Å². The normalized spacial score (nSPS) is 27.2. The molecule has 1 unspecified atom stereocenters. The molecule has 0 fully saturated rings. The van der Waals surface area contributed by atoms with E-state index in [2.05, 4.69) is 22.0 Å². The molecular formula is C10H11BrO. The summed E-state index contributed by atoms with van der Waals surface area (Å²) in [5.41, 5.74) is 1.72. The van der Waals surface area contributed by atoms with E-state index in [0.29, 0.717) is 0 Å². The average molecular weight is 227 g/mol. The third-order valence-electron chi connectivity index (χ3n) is 2.52. The summed E-state index contributed by atoms with van der Waals surface area (Å²) in [5, 5.41) is 10.00. The highest BCUT2D eigenvalue weighted by Crippen LogP contribution is 2.40. The Kier molecular flexibility index (Phi) is 1.77. The Morgan fingerprint density at radius 3 is 2.92 bits per heavy atom. The molecule has 0 spiro atoms. The molecule has 2 rings (SSSR count). The lowest BCUT2D eigenvalue weighted by Gasteiger charge is -2.18. The lowest BCUT2D eigenvalue weighted by molar-refractivity contribution is 0.0588. The number of aryl methyl sites for hydroxylation is 1. The van der Waals surface area contributed by atoms with Crippen molar-refractivity contribution >= 4 is 15.9 Å². The predicted molar refractivity (Wildman–Crippen MR) is 52.0 cm³/mol. The van der Waals surface area contributed by atoms with Crippen molar-refractivity contribution in [3.63, 3.8) is 0 Å². The maximum atomic E-state index is 10.00. The van der Waals surface area contributed by atoms with Crippen LogP contribution in [-0.4, -0.2) is 5.11 Å². The number of rotatable bonds is 0. The summed E-state index contributed by atoms with van der Waals surface area (Å²) in [4.78, 5) is 0. The van der Waals surface area contributed by atoms with E-state index in [0.717, 1.165) is 22.9 Å². The summed E-state index contributed by atoms with van der Waals surface area (Å²) in [5.74, 6) is 0. The van der Waals surface area contributed by atoms with Gasteiger partial charge in [-0.15, -0.1) is 0 Å². The molecule has 0 saturated carbocycles. The van der Waals surface area contributed by atoms with Gasteiger partial charge >= 0.3 is 0 Å². The zero-order valence-corrected chi connectivity index (χ0v) is 8.56. The van der Waals surface area contributed by atoms with E-state index in [1.165, 1.54) is 5.56 Å². The first-order valence-corrected chi connectivity index (χ1v) is 4.91. The first-order chi connectivity index (χ1) is 5.61. The smallest absolute Gasteiger partial charge is 0.0885 e. The Bertz CT molecular complexity index is 318. The largest absolute Gasteiger partial charge is 0.385 e. The Labute approximate surface area is 80.5 Å². The van der Waals surface area contributed by atoms with Crippen molar-refractivity contribution in [1.82, 2.24) is 0 Å². The van der Waals surface area contributed by atoms with Crippen LogP contribution in [0, 0.1) is 0 Å². The predicted octanol–water partition coefficient (Wildman–Crippen LogP) is 2.60. The molecule has 2 heteroatoms. The van der Waals surface area contributed by atoms with Gasteiger partial charge < -0.3 is 5.11 Å². The first-order valence-electron chi connectivity index (χ1n) is 4.11. The van der Waals surface area contributed by atoms with Gasteiger partial charge in [-0.2, -0.15) is 0 Å². The SMILES string of the molecule is CC1(O)CCc2cccc(Br)c21. The average Bonchev–Trinajstić information content (AvgIpc) is 2.29. The van der Waals surface area contributed by atoms with Gasteiger partial charge in [-0.25, -0.2) is 0 Å². The molecule has 1 nitrogen and oxygen atoms in total. The summed E-state index contributed by atoms with van der Waals surface area (Å²) in [6.45, 7) is 1.88. The van der Waals surface area contributed by atoms with Gasteiger partial charge in [0.25, 0.3) is 0 Å². The van der Waals surface area contributed by atoms with E-state index in [4.69, 9.17) is 0 Å². The maximum Gasteiger partial charge on any atom is 0.0885 e. The molecule has 1 aliphatic rings. The zero-order valence-electron chi connectivity index (χ0n) is 6.97. The lowest BCUT2D eigenvalue weighted by atomic mass is 9.99. The highest BCUT2D eigenvalue weighted by molar-refractivity contribution is 9.10. The molecule has 1 N–H and O–H groups in total. The Morgan fingerprint density at radius 1 is 1.50 bits per heavy atom. The molecule has 1 aromatic rings. The standard InChI is InChI=1S/C10H11BrO/c1-10(12)6-5-7-3-2-4-8(11)9(7)10/h2-4,12H,5-6H2,1H3.